The van der Waals surface area contributed by atoms with Gasteiger partial charge in [0.1, 0.15) is 5.58 Å². The second-order valence-electron chi connectivity index (χ2n) is 5.54. The Bertz CT molecular complexity index is 1020. The Labute approximate surface area is 158 Å². The fraction of sp³-hybridized carbons (Fsp3) is 0.111. The minimum absolute atomic E-state index is 0.629. The van der Waals surface area contributed by atoms with Gasteiger partial charge in [0.05, 0.1) is 0 Å². The summed E-state index contributed by atoms with van der Waals surface area (Å²) in [5.41, 5.74) is 1.84. The smallest absolute Gasteiger partial charge is 0.200 e. The molecule has 4 aromatic rings. The number of thioether (sulfide) groups is 1. The zero-order valence-corrected chi connectivity index (χ0v) is 15.6. The highest BCUT2D eigenvalue weighted by Gasteiger charge is 2.15. The maximum atomic E-state index is 6.23. The number of fused-ring (bicyclic) bond motifs is 1. The molecule has 0 N–H and O–H groups in total. The zero-order valence-electron chi connectivity index (χ0n) is 13.2. The number of hydrogen-bond acceptors (Lipinski definition) is 4. The fourth-order valence-electron chi connectivity index (χ4n) is 2.53. The third-order valence-corrected chi connectivity index (χ3v) is 5.51. The Morgan fingerprint density at radius 2 is 1.92 bits per heavy atom. The second kappa shape index (κ2) is 6.75. The molecule has 0 spiro atoms. The molecule has 2 aromatic heterocycles. The molecule has 0 aliphatic rings. The van der Waals surface area contributed by atoms with Crippen LogP contribution in [0.15, 0.2) is 58.1 Å². The lowest BCUT2D eigenvalue weighted by molar-refractivity contribution is 0.618. The van der Waals surface area contributed by atoms with Gasteiger partial charge >= 0.3 is 0 Å². The second-order valence-corrected chi connectivity index (χ2v) is 7.32. The predicted molar refractivity (Wildman–Crippen MR) is 102 cm³/mol. The minimum atomic E-state index is 0.629. The lowest BCUT2D eigenvalue weighted by atomic mass is 10.2. The van der Waals surface area contributed by atoms with Gasteiger partial charge in [-0.25, -0.2) is 0 Å². The molecule has 0 radical (unpaired) electrons. The predicted octanol–water partition coefficient (Wildman–Crippen LogP) is 5.83. The quantitative estimate of drug-likeness (QED) is 0.412. The number of nitrogens with zero attached hydrogens (tertiary/aromatic N) is 3. The van der Waals surface area contributed by atoms with Crippen molar-refractivity contribution in [3.8, 4) is 11.6 Å². The van der Waals surface area contributed by atoms with Crippen molar-refractivity contribution in [2.24, 2.45) is 7.05 Å². The zero-order chi connectivity index (χ0) is 17.4. The fourth-order valence-corrected chi connectivity index (χ4v) is 4.00. The van der Waals surface area contributed by atoms with Gasteiger partial charge in [-0.2, -0.15) is 0 Å². The molecular formula is C18H13Cl2N3OS. The SMILES string of the molecule is Cn1c(SCc2ccc(Cl)cc2Cl)nnc1-c1cc2ccccc2o1. The molecule has 0 saturated heterocycles. The van der Waals surface area contributed by atoms with Gasteiger partial charge in [0.2, 0.25) is 0 Å². The first-order valence-electron chi connectivity index (χ1n) is 7.57. The van der Waals surface area contributed by atoms with Gasteiger partial charge < -0.3 is 8.98 Å². The van der Waals surface area contributed by atoms with Gasteiger partial charge in [-0.15, -0.1) is 10.2 Å². The summed E-state index contributed by atoms with van der Waals surface area (Å²) in [6.07, 6.45) is 0. The van der Waals surface area contributed by atoms with E-state index in [0.717, 1.165) is 21.7 Å². The van der Waals surface area contributed by atoms with Crippen LogP contribution >= 0.6 is 35.0 Å². The average Bonchev–Trinajstić information content (AvgIpc) is 3.17. The number of benzene rings is 2. The summed E-state index contributed by atoms with van der Waals surface area (Å²) in [5.74, 6) is 2.08. The summed E-state index contributed by atoms with van der Waals surface area (Å²) in [6.45, 7) is 0. The molecule has 2 heterocycles. The summed E-state index contributed by atoms with van der Waals surface area (Å²) in [7, 11) is 1.92. The molecule has 0 unspecified atom stereocenters. The molecule has 0 saturated carbocycles. The van der Waals surface area contributed by atoms with Crippen molar-refractivity contribution in [1.82, 2.24) is 14.8 Å². The number of halogens is 2. The van der Waals surface area contributed by atoms with E-state index in [2.05, 4.69) is 10.2 Å². The summed E-state index contributed by atoms with van der Waals surface area (Å²) in [4.78, 5) is 0. The summed E-state index contributed by atoms with van der Waals surface area (Å²) in [6, 6.07) is 15.4. The average molecular weight is 390 g/mol. The Balaban J connectivity index is 1.58. The number of hydrogen-bond donors (Lipinski definition) is 0. The Morgan fingerprint density at radius 1 is 1.08 bits per heavy atom. The maximum Gasteiger partial charge on any atom is 0.200 e. The van der Waals surface area contributed by atoms with Crippen molar-refractivity contribution in [1.29, 1.82) is 0 Å². The van der Waals surface area contributed by atoms with Crippen molar-refractivity contribution in [2.45, 2.75) is 10.9 Å². The molecule has 0 aliphatic carbocycles. The van der Waals surface area contributed by atoms with E-state index in [1.54, 1.807) is 17.8 Å². The molecule has 0 bridgehead atoms. The Hall–Kier alpha value is -1.95. The minimum Gasteiger partial charge on any atom is -0.453 e. The monoisotopic (exact) mass is 389 g/mol. The first kappa shape index (κ1) is 16.5. The highest BCUT2D eigenvalue weighted by molar-refractivity contribution is 7.98. The van der Waals surface area contributed by atoms with Crippen LogP contribution in [0.2, 0.25) is 10.0 Å². The Morgan fingerprint density at radius 3 is 2.72 bits per heavy atom. The van der Waals surface area contributed by atoms with Crippen LogP contribution in [0, 0.1) is 0 Å². The molecular weight excluding hydrogens is 377 g/mol. The summed E-state index contributed by atoms with van der Waals surface area (Å²) >= 11 is 13.7. The molecule has 126 valence electrons. The van der Waals surface area contributed by atoms with E-state index in [1.807, 2.05) is 54.1 Å². The largest absolute Gasteiger partial charge is 0.453 e. The highest BCUT2D eigenvalue weighted by Crippen LogP contribution is 2.31. The van der Waals surface area contributed by atoms with E-state index in [1.165, 1.54) is 0 Å². The van der Waals surface area contributed by atoms with Crippen molar-refractivity contribution in [2.75, 3.05) is 0 Å². The van der Waals surface area contributed by atoms with E-state index in [4.69, 9.17) is 27.6 Å². The number of aromatic nitrogens is 3. The normalized spacial score (nSPS) is 11.3. The third-order valence-electron chi connectivity index (χ3n) is 3.85. The van der Waals surface area contributed by atoms with Crippen LogP contribution < -0.4 is 0 Å². The van der Waals surface area contributed by atoms with E-state index in [-0.39, 0.29) is 0 Å². The lowest BCUT2D eigenvalue weighted by Gasteiger charge is -2.05. The van der Waals surface area contributed by atoms with E-state index < -0.39 is 0 Å². The summed E-state index contributed by atoms with van der Waals surface area (Å²) < 4.78 is 7.80. The van der Waals surface area contributed by atoms with Crippen LogP contribution in [0.4, 0.5) is 0 Å². The van der Waals surface area contributed by atoms with Crippen LogP contribution in [-0.2, 0) is 12.8 Å². The van der Waals surface area contributed by atoms with E-state index in [9.17, 15) is 0 Å². The lowest BCUT2D eigenvalue weighted by Crippen LogP contribution is -1.94. The van der Waals surface area contributed by atoms with Gasteiger partial charge in [-0.05, 0) is 29.8 Å². The molecule has 2 aromatic carbocycles. The maximum absolute atomic E-state index is 6.23. The first-order chi connectivity index (χ1) is 12.1. The van der Waals surface area contributed by atoms with Gasteiger partial charge in [0.15, 0.2) is 16.7 Å². The first-order valence-corrected chi connectivity index (χ1v) is 9.31. The van der Waals surface area contributed by atoms with Crippen LogP contribution in [-0.4, -0.2) is 14.8 Å². The molecule has 4 nitrogen and oxygen atoms in total. The van der Waals surface area contributed by atoms with Crippen LogP contribution in [0.5, 0.6) is 0 Å². The van der Waals surface area contributed by atoms with Gasteiger partial charge in [-0.3, -0.25) is 0 Å². The van der Waals surface area contributed by atoms with Crippen molar-refractivity contribution in [3.05, 3.63) is 64.1 Å². The van der Waals surface area contributed by atoms with Gasteiger partial charge in [0, 0.05) is 28.2 Å². The van der Waals surface area contributed by atoms with Crippen molar-refractivity contribution < 1.29 is 4.42 Å². The molecule has 0 amide bonds. The topological polar surface area (TPSA) is 43.9 Å². The van der Waals surface area contributed by atoms with Crippen LogP contribution in [0.25, 0.3) is 22.6 Å². The van der Waals surface area contributed by atoms with Gasteiger partial charge in [0.25, 0.3) is 0 Å². The number of rotatable bonds is 4. The van der Waals surface area contributed by atoms with E-state index in [0.29, 0.717) is 27.4 Å². The molecule has 0 fully saturated rings. The molecule has 0 aliphatic heterocycles. The third kappa shape index (κ3) is 3.27. The molecule has 25 heavy (non-hydrogen) atoms. The molecule has 7 heteroatoms. The Kier molecular flexibility index (Phi) is 4.46. The summed E-state index contributed by atoms with van der Waals surface area (Å²) in [5, 5.41) is 11.7. The number of para-hydroxylation sites is 1. The number of furan rings is 1. The van der Waals surface area contributed by atoms with Crippen molar-refractivity contribution >= 4 is 45.9 Å². The van der Waals surface area contributed by atoms with Gasteiger partial charge in [-0.1, -0.05) is 59.2 Å². The van der Waals surface area contributed by atoms with Crippen molar-refractivity contribution in [3.63, 3.8) is 0 Å². The molecule has 0 atom stereocenters. The molecule has 4 rings (SSSR count). The van der Waals surface area contributed by atoms with Crippen LogP contribution in [0.1, 0.15) is 5.56 Å². The highest BCUT2D eigenvalue weighted by atomic mass is 35.5. The standard InChI is InChI=1S/C18H13Cl2N3OS/c1-23-17(16-8-11-4-2-3-5-15(11)24-16)21-22-18(23)25-10-12-6-7-13(19)9-14(12)20/h2-9H,10H2,1H3. The van der Waals surface area contributed by atoms with Crippen LogP contribution in [0.3, 0.4) is 0 Å². The van der Waals surface area contributed by atoms with E-state index >= 15 is 0 Å².